The second-order valence-corrected chi connectivity index (χ2v) is 4.84. The van der Waals surface area contributed by atoms with Gasteiger partial charge in [0.1, 0.15) is 0 Å². The fraction of sp³-hybridized carbons (Fsp3) is 0.700. The van der Waals surface area contributed by atoms with Gasteiger partial charge in [-0.25, -0.2) is 4.98 Å². The van der Waals surface area contributed by atoms with Crippen molar-refractivity contribution in [1.82, 2.24) is 10.3 Å². The van der Waals surface area contributed by atoms with Gasteiger partial charge in [0.25, 0.3) is 0 Å². The van der Waals surface area contributed by atoms with Crippen LogP contribution in [0.25, 0.3) is 0 Å². The molecule has 0 bridgehead atoms. The lowest BCUT2D eigenvalue weighted by Gasteiger charge is -2.02. The third-order valence-electron chi connectivity index (χ3n) is 2.54. The topological polar surface area (TPSA) is 24.9 Å². The van der Waals surface area contributed by atoms with Gasteiger partial charge in [0, 0.05) is 17.8 Å². The molecule has 1 aromatic rings. The molecule has 1 aromatic heterocycles. The van der Waals surface area contributed by atoms with Gasteiger partial charge < -0.3 is 5.32 Å². The summed E-state index contributed by atoms with van der Waals surface area (Å²) < 4.78 is 0. The van der Waals surface area contributed by atoms with E-state index >= 15 is 0 Å². The predicted octanol–water partition coefficient (Wildman–Crippen LogP) is 2.34. The minimum Gasteiger partial charge on any atom is -0.316 e. The molecular formula is C10H16N2S. The summed E-state index contributed by atoms with van der Waals surface area (Å²) in [5.41, 5.74) is 1.26. The minimum absolute atomic E-state index is 0.569. The van der Waals surface area contributed by atoms with Crippen molar-refractivity contribution in [2.75, 3.05) is 13.1 Å². The maximum absolute atomic E-state index is 4.67. The SMILES string of the molecule is CC(C)c1csc(C2CCNC2)n1. The van der Waals surface area contributed by atoms with Crippen LogP contribution in [0.3, 0.4) is 0 Å². The highest BCUT2D eigenvalue weighted by molar-refractivity contribution is 7.09. The molecule has 2 rings (SSSR count). The molecular weight excluding hydrogens is 180 g/mol. The average molecular weight is 196 g/mol. The molecule has 0 aliphatic carbocycles. The predicted molar refractivity (Wildman–Crippen MR) is 56.4 cm³/mol. The third kappa shape index (κ3) is 1.92. The quantitative estimate of drug-likeness (QED) is 0.785. The first kappa shape index (κ1) is 9.16. The number of hydrogen-bond donors (Lipinski definition) is 1. The van der Waals surface area contributed by atoms with Crippen molar-refractivity contribution in [3.05, 3.63) is 16.1 Å². The van der Waals surface area contributed by atoms with Crippen molar-refractivity contribution < 1.29 is 0 Å². The molecule has 72 valence electrons. The number of rotatable bonds is 2. The lowest BCUT2D eigenvalue weighted by Crippen LogP contribution is -2.07. The highest BCUT2D eigenvalue weighted by atomic mass is 32.1. The van der Waals surface area contributed by atoms with Crippen molar-refractivity contribution in [2.45, 2.75) is 32.1 Å². The molecule has 2 heterocycles. The van der Waals surface area contributed by atoms with Gasteiger partial charge in [-0.2, -0.15) is 0 Å². The Morgan fingerprint density at radius 3 is 3.00 bits per heavy atom. The number of hydrogen-bond acceptors (Lipinski definition) is 3. The van der Waals surface area contributed by atoms with Gasteiger partial charge >= 0.3 is 0 Å². The molecule has 1 fully saturated rings. The smallest absolute Gasteiger partial charge is 0.0972 e. The van der Waals surface area contributed by atoms with E-state index in [0.29, 0.717) is 11.8 Å². The van der Waals surface area contributed by atoms with E-state index in [1.54, 1.807) is 0 Å². The van der Waals surface area contributed by atoms with E-state index in [4.69, 9.17) is 0 Å². The van der Waals surface area contributed by atoms with E-state index < -0.39 is 0 Å². The molecule has 1 saturated heterocycles. The zero-order valence-electron chi connectivity index (χ0n) is 8.21. The second-order valence-electron chi connectivity index (χ2n) is 3.96. The van der Waals surface area contributed by atoms with E-state index in [2.05, 4.69) is 29.5 Å². The lowest BCUT2D eigenvalue weighted by atomic mass is 10.1. The van der Waals surface area contributed by atoms with Crippen LogP contribution in [-0.4, -0.2) is 18.1 Å². The van der Waals surface area contributed by atoms with E-state index in [-0.39, 0.29) is 0 Å². The van der Waals surface area contributed by atoms with Crippen LogP contribution < -0.4 is 5.32 Å². The fourth-order valence-corrected chi connectivity index (χ4v) is 2.74. The summed E-state index contributed by atoms with van der Waals surface area (Å²) in [6, 6.07) is 0. The number of nitrogens with zero attached hydrogens (tertiary/aromatic N) is 1. The molecule has 3 heteroatoms. The summed E-state index contributed by atoms with van der Waals surface area (Å²) in [4.78, 5) is 4.67. The zero-order chi connectivity index (χ0) is 9.26. The summed E-state index contributed by atoms with van der Waals surface area (Å²) in [7, 11) is 0. The molecule has 0 saturated carbocycles. The van der Waals surface area contributed by atoms with Gasteiger partial charge in [0.05, 0.1) is 10.7 Å². The number of nitrogens with one attached hydrogen (secondary N) is 1. The van der Waals surface area contributed by atoms with Crippen LogP contribution in [0.2, 0.25) is 0 Å². The molecule has 1 N–H and O–H groups in total. The molecule has 2 nitrogen and oxygen atoms in total. The minimum atomic E-state index is 0.569. The summed E-state index contributed by atoms with van der Waals surface area (Å²) in [6.07, 6.45) is 1.26. The molecule has 0 spiro atoms. The van der Waals surface area contributed by atoms with Crippen LogP contribution >= 0.6 is 11.3 Å². The Morgan fingerprint density at radius 1 is 1.62 bits per heavy atom. The molecule has 13 heavy (non-hydrogen) atoms. The Hall–Kier alpha value is -0.410. The third-order valence-corrected chi connectivity index (χ3v) is 3.57. The number of aromatic nitrogens is 1. The van der Waals surface area contributed by atoms with Crippen molar-refractivity contribution in [3.63, 3.8) is 0 Å². The highest BCUT2D eigenvalue weighted by Gasteiger charge is 2.19. The monoisotopic (exact) mass is 196 g/mol. The van der Waals surface area contributed by atoms with Gasteiger partial charge in [-0.1, -0.05) is 13.8 Å². The molecule has 0 amide bonds. The first-order chi connectivity index (χ1) is 6.27. The normalized spacial score (nSPS) is 22.8. The van der Waals surface area contributed by atoms with Crippen molar-refractivity contribution >= 4 is 11.3 Å². The highest BCUT2D eigenvalue weighted by Crippen LogP contribution is 2.27. The van der Waals surface area contributed by atoms with Gasteiger partial charge in [0.2, 0.25) is 0 Å². The Morgan fingerprint density at radius 2 is 2.46 bits per heavy atom. The van der Waals surface area contributed by atoms with Gasteiger partial charge in [0.15, 0.2) is 0 Å². The summed E-state index contributed by atoms with van der Waals surface area (Å²) in [5, 5.41) is 6.91. The first-order valence-electron chi connectivity index (χ1n) is 4.93. The maximum atomic E-state index is 4.67. The van der Waals surface area contributed by atoms with Gasteiger partial charge in [-0.15, -0.1) is 11.3 Å². The van der Waals surface area contributed by atoms with Crippen LogP contribution in [0.1, 0.15) is 42.8 Å². The van der Waals surface area contributed by atoms with Crippen LogP contribution in [0.5, 0.6) is 0 Å². The first-order valence-corrected chi connectivity index (χ1v) is 5.81. The number of thiazole rings is 1. The maximum Gasteiger partial charge on any atom is 0.0972 e. The molecule has 1 atom stereocenters. The fourth-order valence-electron chi connectivity index (χ4n) is 1.62. The van der Waals surface area contributed by atoms with Crippen molar-refractivity contribution in [3.8, 4) is 0 Å². The van der Waals surface area contributed by atoms with Gasteiger partial charge in [-0.05, 0) is 18.9 Å². The second kappa shape index (κ2) is 3.76. The summed E-state index contributed by atoms with van der Waals surface area (Å²) in [6.45, 7) is 6.67. The van der Waals surface area contributed by atoms with E-state index in [1.807, 2.05) is 11.3 Å². The molecule has 0 radical (unpaired) electrons. The largest absolute Gasteiger partial charge is 0.316 e. The van der Waals surface area contributed by atoms with E-state index in [0.717, 1.165) is 13.1 Å². The van der Waals surface area contributed by atoms with E-state index in [1.165, 1.54) is 17.1 Å². The molecule has 1 aliphatic heterocycles. The average Bonchev–Trinajstić information content (AvgIpc) is 2.75. The Bertz CT molecular complexity index is 274. The van der Waals surface area contributed by atoms with Crippen molar-refractivity contribution in [2.24, 2.45) is 0 Å². The Labute approximate surface area is 83.4 Å². The van der Waals surface area contributed by atoms with E-state index in [9.17, 15) is 0 Å². The van der Waals surface area contributed by atoms with Gasteiger partial charge in [-0.3, -0.25) is 0 Å². The van der Waals surface area contributed by atoms with Crippen LogP contribution in [0, 0.1) is 0 Å². The summed E-state index contributed by atoms with van der Waals surface area (Å²) >= 11 is 1.82. The lowest BCUT2D eigenvalue weighted by molar-refractivity contribution is 0.738. The Balaban J connectivity index is 2.12. The van der Waals surface area contributed by atoms with Crippen LogP contribution in [0.4, 0.5) is 0 Å². The summed E-state index contributed by atoms with van der Waals surface area (Å²) in [5.74, 6) is 1.25. The van der Waals surface area contributed by atoms with Crippen molar-refractivity contribution in [1.29, 1.82) is 0 Å². The Kier molecular flexibility index (Phi) is 2.65. The molecule has 1 unspecified atom stereocenters. The standard InChI is InChI=1S/C10H16N2S/c1-7(2)9-6-13-10(12-9)8-3-4-11-5-8/h6-8,11H,3-5H2,1-2H3. The molecule has 1 aliphatic rings. The zero-order valence-corrected chi connectivity index (χ0v) is 9.03. The van der Waals surface area contributed by atoms with Crippen LogP contribution in [-0.2, 0) is 0 Å². The van der Waals surface area contributed by atoms with Crippen LogP contribution in [0.15, 0.2) is 5.38 Å². The molecule has 0 aromatic carbocycles.